The van der Waals surface area contributed by atoms with Gasteiger partial charge in [0, 0.05) is 19.2 Å². The number of nitrogens with zero attached hydrogens (tertiary/aromatic N) is 1. The Bertz CT molecular complexity index is 725. The lowest BCUT2D eigenvalue weighted by Crippen LogP contribution is -2.37. The van der Waals surface area contributed by atoms with E-state index in [2.05, 4.69) is 5.32 Å². The van der Waals surface area contributed by atoms with Crippen LogP contribution in [0.25, 0.3) is 0 Å². The van der Waals surface area contributed by atoms with Crippen LogP contribution in [0.3, 0.4) is 0 Å². The van der Waals surface area contributed by atoms with Crippen molar-refractivity contribution in [2.24, 2.45) is 5.41 Å². The molecule has 0 aliphatic carbocycles. The number of anilines is 1. The van der Waals surface area contributed by atoms with Crippen LogP contribution in [0.2, 0.25) is 0 Å². The zero-order chi connectivity index (χ0) is 18.8. The Balaban J connectivity index is 2.22. The molecule has 136 valence electrons. The number of carboxylic acids is 1. The third kappa shape index (κ3) is 3.86. The SMILES string of the molecule is CCOC(=O)c1cc(F)c(F)cc1NC(=O)N1CCC(C)(C(=O)O)C1. The molecule has 1 saturated heterocycles. The molecular weight excluding hydrogens is 338 g/mol. The van der Waals surface area contributed by atoms with E-state index in [9.17, 15) is 28.3 Å². The minimum absolute atomic E-state index is 0.0221. The van der Waals surface area contributed by atoms with Gasteiger partial charge in [-0.1, -0.05) is 0 Å². The Hall–Kier alpha value is -2.71. The van der Waals surface area contributed by atoms with Gasteiger partial charge in [-0.3, -0.25) is 4.79 Å². The van der Waals surface area contributed by atoms with Crippen LogP contribution >= 0.6 is 0 Å². The number of urea groups is 1. The zero-order valence-electron chi connectivity index (χ0n) is 13.8. The van der Waals surface area contributed by atoms with Crippen LogP contribution in [-0.2, 0) is 9.53 Å². The summed E-state index contributed by atoms with van der Waals surface area (Å²) < 4.78 is 31.7. The number of hydrogen-bond donors (Lipinski definition) is 2. The summed E-state index contributed by atoms with van der Waals surface area (Å²) in [6.45, 7) is 3.24. The number of carbonyl (C=O) groups is 3. The van der Waals surface area contributed by atoms with Gasteiger partial charge in [-0.15, -0.1) is 0 Å². The summed E-state index contributed by atoms with van der Waals surface area (Å²) in [7, 11) is 0. The van der Waals surface area contributed by atoms with Gasteiger partial charge in [-0.05, 0) is 26.3 Å². The molecule has 9 heteroatoms. The van der Waals surface area contributed by atoms with Gasteiger partial charge in [0.15, 0.2) is 11.6 Å². The molecular formula is C16H18F2N2O5. The van der Waals surface area contributed by atoms with Gasteiger partial charge in [0.2, 0.25) is 0 Å². The molecule has 0 spiro atoms. The number of esters is 1. The van der Waals surface area contributed by atoms with Crippen molar-refractivity contribution in [3.63, 3.8) is 0 Å². The van der Waals surface area contributed by atoms with Gasteiger partial charge in [0.05, 0.1) is 23.3 Å². The molecule has 1 aromatic carbocycles. The van der Waals surface area contributed by atoms with E-state index in [0.29, 0.717) is 12.1 Å². The van der Waals surface area contributed by atoms with Crippen LogP contribution < -0.4 is 5.32 Å². The number of benzene rings is 1. The molecule has 25 heavy (non-hydrogen) atoms. The highest BCUT2D eigenvalue weighted by atomic mass is 19.2. The Kier molecular flexibility index (Phi) is 5.24. The van der Waals surface area contributed by atoms with E-state index in [4.69, 9.17) is 4.74 Å². The van der Waals surface area contributed by atoms with Crippen molar-refractivity contribution in [1.29, 1.82) is 0 Å². The standard InChI is InChI=1S/C16H18F2N2O5/c1-3-25-13(21)9-6-10(17)11(18)7-12(9)19-15(24)20-5-4-16(2,8-20)14(22)23/h6-7H,3-5,8H2,1-2H3,(H,19,24)(H,22,23). The van der Waals surface area contributed by atoms with Gasteiger partial charge in [0.1, 0.15) is 0 Å². The second-order valence-corrected chi connectivity index (χ2v) is 6.00. The number of halogens is 2. The maximum atomic E-state index is 13.5. The van der Waals surface area contributed by atoms with Crippen molar-refractivity contribution in [1.82, 2.24) is 4.90 Å². The van der Waals surface area contributed by atoms with Crippen molar-refractivity contribution in [2.75, 3.05) is 25.0 Å². The zero-order valence-corrected chi connectivity index (χ0v) is 13.8. The third-order valence-electron chi connectivity index (χ3n) is 4.07. The second kappa shape index (κ2) is 7.04. The van der Waals surface area contributed by atoms with E-state index >= 15 is 0 Å². The quantitative estimate of drug-likeness (QED) is 0.808. The molecule has 0 bridgehead atoms. The number of rotatable bonds is 4. The Labute approximate surface area is 142 Å². The average molecular weight is 356 g/mol. The van der Waals surface area contributed by atoms with Crippen molar-refractivity contribution in [3.05, 3.63) is 29.3 Å². The fraction of sp³-hybridized carbons (Fsp3) is 0.438. The van der Waals surface area contributed by atoms with E-state index in [-0.39, 0.29) is 37.4 Å². The van der Waals surface area contributed by atoms with E-state index in [1.165, 1.54) is 11.8 Å². The minimum Gasteiger partial charge on any atom is -0.481 e. The third-order valence-corrected chi connectivity index (χ3v) is 4.07. The fourth-order valence-corrected chi connectivity index (χ4v) is 2.53. The Morgan fingerprint density at radius 2 is 1.96 bits per heavy atom. The normalized spacial score (nSPS) is 19.6. The highest BCUT2D eigenvalue weighted by Crippen LogP contribution is 2.31. The van der Waals surface area contributed by atoms with Gasteiger partial charge < -0.3 is 20.1 Å². The van der Waals surface area contributed by atoms with Crippen LogP contribution in [0, 0.1) is 17.0 Å². The molecule has 1 heterocycles. The summed E-state index contributed by atoms with van der Waals surface area (Å²) in [6, 6.07) is 0.627. The molecule has 1 unspecified atom stereocenters. The van der Waals surface area contributed by atoms with Gasteiger partial charge in [0.25, 0.3) is 0 Å². The Morgan fingerprint density at radius 3 is 2.52 bits per heavy atom. The summed E-state index contributed by atoms with van der Waals surface area (Å²) >= 11 is 0. The molecule has 2 N–H and O–H groups in total. The second-order valence-electron chi connectivity index (χ2n) is 6.00. The van der Waals surface area contributed by atoms with Crippen molar-refractivity contribution in [2.45, 2.75) is 20.3 Å². The van der Waals surface area contributed by atoms with Crippen LogP contribution in [0.15, 0.2) is 12.1 Å². The highest BCUT2D eigenvalue weighted by Gasteiger charge is 2.42. The number of carboxylic acid groups (broad SMARTS) is 1. The van der Waals surface area contributed by atoms with E-state index < -0.39 is 35.0 Å². The number of ether oxygens (including phenoxy) is 1. The Morgan fingerprint density at radius 1 is 1.32 bits per heavy atom. The maximum absolute atomic E-state index is 13.5. The molecule has 1 aliphatic heterocycles. The predicted molar refractivity (Wildman–Crippen MR) is 83.3 cm³/mol. The van der Waals surface area contributed by atoms with Crippen LogP contribution in [0.1, 0.15) is 30.6 Å². The molecule has 0 aromatic heterocycles. The first-order chi connectivity index (χ1) is 11.7. The summed E-state index contributed by atoms with van der Waals surface area (Å²) in [5, 5.41) is 11.5. The summed E-state index contributed by atoms with van der Waals surface area (Å²) in [6.07, 6.45) is 0.262. The molecule has 0 radical (unpaired) electrons. The van der Waals surface area contributed by atoms with E-state index in [1.54, 1.807) is 6.92 Å². The molecule has 7 nitrogen and oxygen atoms in total. The monoisotopic (exact) mass is 356 g/mol. The molecule has 1 atom stereocenters. The molecule has 0 saturated carbocycles. The van der Waals surface area contributed by atoms with Gasteiger partial charge in [-0.2, -0.15) is 0 Å². The number of likely N-dealkylation sites (tertiary alicyclic amines) is 1. The molecule has 2 rings (SSSR count). The lowest BCUT2D eigenvalue weighted by atomic mass is 9.90. The van der Waals surface area contributed by atoms with Gasteiger partial charge in [-0.25, -0.2) is 18.4 Å². The molecule has 1 fully saturated rings. The highest BCUT2D eigenvalue weighted by molar-refractivity contribution is 6.01. The van der Waals surface area contributed by atoms with E-state index in [1.807, 2.05) is 0 Å². The summed E-state index contributed by atoms with van der Waals surface area (Å²) in [4.78, 5) is 36.7. The number of aliphatic carboxylic acids is 1. The number of carbonyl (C=O) groups excluding carboxylic acids is 2. The lowest BCUT2D eigenvalue weighted by Gasteiger charge is -2.21. The lowest BCUT2D eigenvalue weighted by molar-refractivity contribution is -0.146. The minimum atomic E-state index is -1.25. The number of nitrogens with one attached hydrogen (secondary N) is 1. The van der Waals surface area contributed by atoms with Crippen LogP contribution in [0.4, 0.5) is 19.3 Å². The first-order valence-electron chi connectivity index (χ1n) is 7.63. The predicted octanol–water partition coefficient (Wildman–Crippen LogP) is 2.47. The molecule has 2 amide bonds. The fourth-order valence-electron chi connectivity index (χ4n) is 2.53. The van der Waals surface area contributed by atoms with Crippen LogP contribution in [0.5, 0.6) is 0 Å². The summed E-state index contributed by atoms with van der Waals surface area (Å²) in [5.41, 5.74) is -1.64. The van der Waals surface area contributed by atoms with Crippen molar-refractivity contribution in [3.8, 4) is 0 Å². The molecule has 1 aromatic rings. The summed E-state index contributed by atoms with van der Waals surface area (Å²) in [5.74, 6) is -4.42. The van der Waals surface area contributed by atoms with Crippen LogP contribution in [-0.4, -0.2) is 47.7 Å². The van der Waals surface area contributed by atoms with E-state index in [0.717, 1.165) is 0 Å². The average Bonchev–Trinajstić information content (AvgIpc) is 2.95. The van der Waals surface area contributed by atoms with Crippen molar-refractivity contribution < 1.29 is 33.0 Å². The first kappa shape index (κ1) is 18.6. The smallest absolute Gasteiger partial charge is 0.340 e. The largest absolute Gasteiger partial charge is 0.481 e. The topological polar surface area (TPSA) is 95.9 Å². The molecule has 1 aliphatic rings. The first-order valence-corrected chi connectivity index (χ1v) is 7.63. The number of hydrogen-bond acceptors (Lipinski definition) is 4. The maximum Gasteiger partial charge on any atom is 0.340 e. The van der Waals surface area contributed by atoms with Crippen molar-refractivity contribution >= 4 is 23.7 Å². The number of amides is 2. The van der Waals surface area contributed by atoms with Gasteiger partial charge >= 0.3 is 18.0 Å².